The Labute approximate surface area is 132 Å². The van der Waals surface area contributed by atoms with Crippen molar-refractivity contribution in [2.24, 2.45) is 5.92 Å². The minimum Gasteiger partial charge on any atom is -0.326 e. The molecule has 124 valence electrons. The van der Waals surface area contributed by atoms with Crippen LogP contribution in [0.5, 0.6) is 0 Å². The molecule has 0 aromatic carbocycles. The van der Waals surface area contributed by atoms with E-state index >= 15 is 0 Å². The zero-order valence-corrected chi connectivity index (χ0v) is 13.7. The fourth-order valence-electron chi connectivity index (χ4n) is 3.25. The molecule has 1 aliphatic heterocycles. The molecule has 2 rings (SSSR count). The minimum atomic E-state index is -3.14. The Morgan fingerprint density at radius 1 is 1.36 bits per heavy atom. The summed E-state index contributed by atoms with van der Waals surface area (Å²) < 4.78 is 24.7. The van der Waals surface area contributed by atoms with Crippen LogP contribution in [0.15, 0.2) is 0 Å². The van der Waals surface area contributed by atoms with Gasteiger partial charge in [-0.15, -0.1) is 0 Å². The number of likely N-dealkylation sites (tertiary alicyclic amines) is 1. The molecule has 0 bridgehead atoms. The molecule has 2 fully saturated rings. The molecule has 3 atom stereocenters. The maximum Gasteiger partial charge on any atom is 0.237 e. The van der Waals surface area contributed by atoms with Crippen LogP contribution >= 0.6 is 0 Å². The molecule has 0 unspecified atom stereocenters. The average molecular weight is 328 g/mol. The fraction of sp³-hybridized carbons (Fsp3) is 0.857. The van der Waals surface area contributed by atoms with Crippen LogP contribution in [-0.4, -0.2) is 57.2 Å². The van der Waals surface area contributed by atoms with Crippen molar-refractivity contribution in [1.82, 2.24) is 14.9 Å². The van der Waals surface area contributed by atoms with Crippen molar-refractivity contribution in [3.8, 4) is 6.07 Å². The average Bonchev–Trinajstić information content (AvgIpc) is 3.10. The molecule has 2 aliphatic rings. The van der Waals surface area contributed by atoms with Crippen molar-refractivity contribution in [3.63, 3.8) is 0 Å². The highest BCUT2D eigenvalue weighted by Gasteiger charge is 2.30. The molecule has 0 aromatic rings. The lowest BCUT2D eigenvalue weighted by molar-refractivity contribution is -0.130. The van der Waals surface area contributed by atoms with E-state index in [1.54, 1.807) is 4.90 Å². The van der Waals surface area contributed by atoms with E-state index in [1.165, 1.54) is 0 Å². The third-order valence-electron chi connectivity index (χ3n) is 4.44. The van der Waals surface area contributed by atoms with Gasteiger partial charge in [0.25, 0.3) is 0 Å². The van der Waals surface area contributed by atoms with Gasteiger partial charge < -0.3 is 10.2 Å². The van der Waals surface area contributed by atoms with Crippen molar-refractivity contribution >= 4 is 15.9 Å². The van der Waals surface area contributed by atoms with E-state index in [1.807, 2.05) is 0 Å². The van der Waals surface area contributed by atoms with Gasteiger partial charge in [-0.05, 0) is 38.0 Å². The molecule has 1 amide bonds. The molecule has 1 heterocycles. The first-order chi connectivity index (χ1) is 10.4. The predicted molar refractivity (Wildman–Crippen MR) is 82.3 cm³/mol. The van der Waals surface area contributed by atoms with Gasteiger partial charge in [-0.25, -0.2) is 13.1 Å². The lowest BCUT2D eigenvalue weighted by Gasteiger charge is -2.21. The van der Waals surface area contributed by atoms with Crippen molar-refractivity contribution in [2.45, 2.75) is 44.2 Å². The summed E-state index contributed by atoms with van der Waals surface area (Å²) in [6, 6.07) is 2.15. The molecule has 22 heavy (non-hydrogen) atoms. The summed E-state index contributed by atoms with van der Waals surface area (Å²) in [4.78, 5) is 13.8. The van der Waals surface area contributed by atoms with Gasteiger partial charge in [0, 0.05) is 19.1 Å². The molecule has 1 aliphatic carbocycles. The van der Waals surface area contributed by atoms with Gasteiger partial charge >= 0.3 is 0 Å². The number of hydrogen-bond donors (Lipinski definition) is 2. The smallest absolute Gasteiger partial charge is 0.237 e. The molecule has 1 saturated heterocycles. The summed E-state index contributed by atoms with van der Waals surface area (Å²) in [5, 5.41) is 12.3. The summed E-state index contributed by atoms with van der Waals surface area (Å²) in [5.74, 6) is 0.308. The van der Waals surface area contributed by atoms with Gasteiger partial charge in [-0.1, -0.05) is 0 Å². The van der Waals surface area contributed by atoms with Crippen molar-refractivity contribution < 1.29 is 13.2 Å². The Bertz CT molecular complexity index is 543. The molecule has 0 spiro atoms. The van der Waals surface area contributed by atoms with Crippen LogP contribution in [0.25, 0.3) is 0 Å². The largest absolute Gasteiger partial charge is 0.326 e. The highest BCUT2D eigenvalue weighted by Crippen LogP contribution is 2.25. The molecule has 8 heteroatoms. The summed E-state index contributed by atoms with van der Waals surface area (Å²) in [7, 11) is -3.14. The lowest BCUT2D eigenvalue weighted by Crippen LogP contribution is -2.43. The van der Waals surface area contributed by atoms with Crippen LogP contribution in [-0.2, 0) is 14.8 Å². The molecule has 2 N–H and O–H groups in total. The maximum atomic E-state index is 12.1. The zero-order valence-electron chi connectivity index (χ0n) is 12.9. The normalized spacial score (nSPS) is 28.7. The van der Waals surface area contributed by atoms with E-state index in [9.17, 15) is 13.2 Å². The number of nitrogens with zero attached hydrogens (tertiary/aromatic N) is 2. The van der Waals surface area contributed by atoms with Gasteiger partial charge in [-0.3, -0.25) is 4.79 Å². The van der Waals surface area contributed by atoms with Crippen molar-refractivity contribution in [1.29, 1.82) is 5.26 Å². The number of nitrogens with one attached hydrogen (secondary N) is 2. The SMILES string of the molecule is CS(=O)(=O)NC[C@H]1CC[C@@H](NCC(=O)N2CCC[C@H]2C#N)C1. The molecular weight excluding hydrogens is 304 g/mol. The van der Waals surface area contributed by atoms with E-state index in [2.05, 4.69) is 16.1 Å². The van der Waals surface area contributed by atoms with Crippen LogP contribution in [0.3, 0.4) is 0 Å². The minimum absolute atomic E-state index is 0.0123. The molecular formula is C14H24N4O3S. The van der Waals surface area contributed by atoms with Crippen molar-refractivity contribution in [2.75, 3.05) is 25.9 Å². The van der Waals surface area contributed by atoms with E-state index in [0.29, 0.717) is 19.0 Å². The highest BCUT2D eigenvalue weighted by atomic mass is 32.2. The standard InChI is InChI=1S/C14H24N4O3S/c1-22(20,21)17-9-11-4-5-12(7-11)16-10-14(19)18-6-2-3-13(18)8-15/h11-13,16-17H,2-7,9-10H2,1H3/t11-,12+,13-/m0/s1. The number of nitriles is 1. The quantitative estimate of drug-likeness (QED) is 0.703. The highest BCUT2D eigenvalue weighted by molar-refractivity contribution is 7.88. The number of hydrogen-bond acceptors (Lipinski definition) is 5. The third kappa shape index (κ3) is 4.93. The number of rotatable bonds is 6. The first kappa shape index (κ1) is 17.2. The zero-order chi connectivity index (χ0) is 16.2. The third-order valence-corrected chi connectivity index (χ3v) is 5.13. The summed E-state index contributed by atoms with van der Waals surface area (Å²) >= 11 is 0. The Kier molecular flexibility index (Phi) is 5.78. The van der Waals surface area contributed by atoms with Crippen LogP contribution in [0.2, 0.25) is 0 Å². The molecule has 1 saturated carbocycles. The van der Waals surface area contributed by atoms with Crippen LogP contribution in [0.4, 0.5) is 0 Å². The predicted octanol–water partition coefficient (Wildman–Crippen LogP) is -0.192. The van der Waals surface area contributed by atoms with Crippen LogP contribution in [0, 0.1) is 17.2 Å². The topological polar surface area (TPSA) is 102 Å². The second kappa shape index (κ2) is 7.40. The van der Waals surface area contributed by atoms with Gasteiger partial charge in [0.05, 0.1) is 18.9 Å². The van der Waals surface area contributed by atoms with E-state index in [4.69, 9.17) is 5.26 Å². The van der Waals surface area contributed by atoms with E-state index < -0.39 is 10.0 Å². The second-order valence-corrected chi connectivity index (χ2v) is 8.08. The Balaban J connectivity index is 1.70. The van der Waals surface area contributed by atoms with Crippen molar-refractivity contribution in [3.05, 3.63) is 0 Å². The summed E-state index contributed by atoms with van der Waals surface area (Å²) in [5.41, 5.74) is 0. The van der Waals surface area contributed by atoms with Gasteiger partial charge in [-0.2, -0.15) is 5.26 Å². The Morgan fingerprint density at radius 3 is 2.82 bits per heavy atom. The monoisotopic (exact) mass is 328 g/mol. The van der Waals surface area contributed by atoms with Gasteiger partial charge in [0.2, 0.25) is 15.9 Å². The Morgan fingerprint density at radius 2 is 2.14 bits per heavy atom. The molecule has 0 aromatic heterocycles. The van der Waals surface area contributed by atoms with Crippen LogP contribution in [0.1, 0.15) is 32.1 Å². The summed E-state index contributed by atoms with van der Waals surface area (Å²) in [6.07, 6.45) is 5.61. The van der Waals surface area contributed by atoms with E-state index in [-0.39, 0.29) is 24.5 Å². The number of carbonyl (C=O) groups is 1. The fourth-order valence-corrected chi connectivity index (χ4v) is 3.79. The maximum absolute atomic E-state index is 12.1. The first-order valence-electron chi connectivity index (χ1n) is 7.76. The van der Waals surface area contributed by atoms with E-state index in [0.717, 1.165) is 38.4 Å². The second-order valence-electron chi connectivity index (χ2n) is 6.25. The lowest BCUT2D eigenvalue weighted by atomic mass is 10.1. The number of amides is 1. The van der Waals surface area contributed by atoms with Crippen LogP contribution < -0.4 is 10.0 Å². The first-order valence-corrected chi connectivity index (χ1v) is 9.65. The van der Waals surface area contributed by atoms with Gasteiger partial charge in [0.1, 0.15) is 6.04 Å². The number of carbonyl (C=O) groups excluding carboxylic acids is 1. The molecule has 7 nitrogen and oxygen atoms in total. The number of sulfonamides is 1. The summed E-state index contributed by atoms with van der Waals surface area (Å²) in [6.45, 7) is 1.40. The molecule has 0 radical (unpaired) electrons. The van der Waals surface area contributed by atoms with Gasteiger partial charge in [0.15, 0.2) is 0 Å². The Hall–Kier alpha value is -1.17.